The van der Waals surface area contributed by atoms with Gasteiger partial charge in [0.2, 0.25) is 7.77 Å². The van der Waals surface area contributed by atoms with E-state index in [0.29, 0.717) is 12.0 Å². The summed E-state index contributed by atoms with van der Waals surface area (Å²) in [7, 11) is 4.51. The molecule has 1 nitrogen and oxygen atoms in total. The van der Waals surface area contributed by atoms with E-state index in [1.165, 1.54) is 25.7 Å². The first kappa shape index (κ1) is 14.2. The van der Waals surface area contributed by atoms with Gasteiger partial charge in [-0.05, 0) is 32.0 Å². The van der Waals surface area contributed by atoms with E-state index >= 15 is 0 Å². The van der Waals surface area contributed by atoms with E-state index in [1.54, 1.807) is 0 Å². The zero-order valence-corrected chi connectivity index (χ0v) is 10.5. The van der Waals surface area contributed by atoms with Crippen molar-refractivity contribution in [3.05, 3.63) is 0 Å². The van der Waals surface area contributed by atoms with Gasteiger partial charge >= 0.3 is 0 Å². The van der Waals surface area contributed by atoms with E-state index < -0.39 is 7.77 Å². The molecule has 2 radical (unpaired) electrons. The van der Waals surface area contributed by atoms with Crippen molar-refractivity contribution in [2.24, 2.45) is 0 Å². The van der Waals surface area contributed by atoms with Crippen molar-refractivity contribution >= 4 is 21.4 Å². The molecule has 0 aliphatic carbocycles. The largest absolute Gasteiger partial charge is 0.249 e. The maximum atomic E-state index is 9.89. The van der Waals surface area contributed by atoms with Gasteiger partial charge in [0, 0.05) is 0 Å². The van der Waals surface area contributed by atoms with Crippen molar-refractivity contribution in [2.45, 2.75) is 64.4 Å². The van der Waals surface area contributed by atoms with Gasteiger partial charge in [-0.2, -0.15) is 4.89 Å². The van der Waals surface area contributed by atoms with Crippen LogP contribution < -0.4 is 0 Å². The van der Waals surface area contributed by atoms with Crippen molar-refractivity contribution in [3.63, 3.8) is 0 Å². The zero-order valence-electron chi connectivity index (χ0n) is 9.58. The van der Waals surface area contributed by atoms with Crippen LogP contribution >= 0.6 is 7.77 Å². The highest BCUT2D eigenvalue weighted by Crippen LogP contribution is 2.32. The van der Waals surface area contributed by atoms with Crippen LogP contribution in [0.4, 0.5) is 0 Å². The molecule has 3 heteroatoms. The summed E-state index contributed by atoms with van der Waals surface area (Å²) in [6.07, 6.45) is 7.72. The second-order valence-electron chi connectivity index (χ2n) is 3.74. The van der Waals surface area contributed by atoms with Gasteiger partial charge in [0.25, 0.3) is 0 Å². The second kappa shape index (κ2) is 9.74. The Kier molecular flexibility index (Phi) is 9.87. The fourth-order valence-corrected chi connectivity index (χ4v) is 2.95. The SMILES string of the molecule is [B]CC=[P+](O)C(CCCC)CCCC. The minimum Gasteiger partial charge on any atom is -0.193 e. The van der Waals surface area contributed by atoms with Gasteiger partial charge in [-0.3, -0.25) is 0 Å². The van der Waals surface area contributed by atoms with Crippen molar-refractivity contribution in [2.75, 3.05) is 0 Å². The molecule has 1 N–H and O–H groups in total. The van der Waals surface area contributed by atoms with E-state index in [2.05, 4.69) is 13.8 Å². The molecule has 0 aromatic heterocycles. The zero-order chi connectivity index (χ0) is 10.8. The summed E-state index contributed by atoms with van der Waals surface area (Å²) >= 11 is 0. The van der Waals surface area contributed by atoms with Crippen molar-refractivity contribution in [1.29, 1.82) is 0 Å². The van der Waals surface area contributed by atoms with Crippen LogP contribution in [0.25, 0.3) is 0 Å². The summed E-state index contributed by atoms with van der Waals surface area (Å²) in [5, 5.41) is 0. The molecule has 0 aromatic carbocycles. The molecule has 0 saturated heterocycles. The Morgan fingerprint density at radius 1 is 1.21 bits per heavy atom. The Hall–Kier alpha value is 0.195. The molecular formula is C11H23BOP+. The number of hydrogen-bond donors (Lipinski definition) is 1. The summed E-state index contributed by atoms with van der Waals surface area (Å²) < 4.78 is 0. The highest BCUT2D eigenvalue weighted by Gasteiger charge is 2.21. The smallest absolute Gasteiger partial charge is 0.193 e. The highest BCUT2D eigenvalue weighted by atomic mass is 31.1. The molecule has 0 aliphatic rings. The lowest BCUT2D eigenvalue weighted by atomic mass is 10.1. The van der Waals surface area contributed by atoms with Crippen LogP contribution in [0.3, 0.4) is 0 Å². The third kappa shape index (κ3) is 6.62. The minimum absolute atomic E-state index is 0.494. The maximum Gasteiger partial charge on any atom is 0.249 e. The van der Waals surface area contributed by atoms with Crippen molar-refractivity contribution in [3.8, 4) is 0 Å². The first-order valence-electron chi connectivity index (χ1n) is 5.76. The summed E-state index contributed by atoms with van der Waals surface area (Å²) in [4.78, 5) is 9.89. The average Bonchev–Trinajstić information content (AvgIpc) is 2.18. The monoisotopic (exact) mass is 213 g/mol. The highest BCUT2D eigenvalue weighted by molar-refractivity contribution is 7.52. The third-order valence-electron chi connectivity index (χ3n) is 2.45. The van der Waals surface area contributed by atoms with Gasteiger partial charge in [0.1, 0.15) is 11.5 Å². The van der Waals surface area contributed by atoms with Crippen LogP contribution in [0.1, 0.15) is 52.4 Å². The number of unbranched alkanes of at least 4 members (excludes halogenated alkanes) is 2. The molecule has 0 aliphatic heterocycles. The van der Waals surface area contributed by atoms with Crippen LogP contribution in [-0.2, 0) is 0 Å². The lowest BCUT2D eigenvalue weighted by molar-refractivity contribution is 0.561. The van der Waals surface area contributed by atoms with Crippen LogP contribution in [0, 0.1) is 0 Å². The summed E-state index contributed by atoms with van der Waals surface area (Å²) in [5.74, 6) is 1.89. The Morgan fingerprint density at radius 2 is 1.71 bits per heavy atom. The Morgan fingerprint density at radius 3 is 2.07 bits per heavy atom. The maximum absolute atomic E-state index is 9.89. The van der Waals surface area contributed by atoms with Gasteiger partial charge in [-0.25, -0.2) is 0 Å². The molecule has 0 amide bonds. The standard InChI is InChI=1S/C11H23BOP/c1-3-5-7-11(8-6-4-2)14(13)10-9-12/h10-11,13H,3-9H2,1-2H3/q+1. The van der Waals surface area contributed by atoms with E-state index in [4.69, 9.17) is 7.85 Å². The molecule has 0 saturated carbocycles. The molecule has 0 spiro atoms. The molecule has 0 aromatic rings. The molecule has 14 heavy (non-hydrogen) atoms. The molecule has 1 unspecified atom stereocenters. The molecule has 0 heterocycles. The quantitative estimate of drug-likeness (QED) is 0.483. The number of hydrogen-bond acceptors (Lipinski definition) is 1. The number of rotatable bonds is 8. The van der Waals surface area contributed by atoms with Crippen LogP contribution in [0.2, 0.25) is 6.32 Å². The van der Waals surface area contributed by atoms with Gasteiger partial charge in [0.15, 0.2) is 0 Å². The van der Waals surface area contributed by atoms with Gasteiger partial charge in [-0.1, -0.05) is 26.7 Å². The fraction of sp³-hybridized carbons (Fsp3) is 0.909. The van der Waals surface area contributed by atoms with E-state index in [-0.39, 0.29) is 0 Å². The van der Waals surface area contributed by atoms with Crippen molar-refractivity contribution in [1.82, 2.24) is 0 Å². The lowest BCUT2D eigenvalue weighted by Crippen LogP contribution is -2.03. The molecule has 0 rings (SSSR count). The lowest BCUT2D eigenvalue weighted by Gasteiger charge is -2.06. The van der Waals surface area contributed by atoms with Crippen LogP contribution in [0.5, 0.6) is 0 Å². The predicted molar refractivity (Wildman–Crippen MR) is 68.6 cm³/mol. The third-order valence-corrected chi connectivity index (χ3v) is 4.30. The fourth-order valence-electron chi connectivity index (χ4n) is 1.55. The summed E-state index contributed by atoms with van der Waals surface area (Å²) in [6.45, 7) is 4.40. The summed E-state index contributed by atoms with van der Waals surface area (Å²) in [5.41, 5.74) is 0.494. The average molecular weight is 213 g/mol. The second-order valence-corrected chi connectivity index (χ2v) is 5.59. The Labute approximate surface area is 91.2 Å². The Balaban J connectivity index is 4.01. The molecule has 80 valence electrons. The van der Waals surface area contributed by atoms with Gasteiger partial charge < -0.3 is 0 Å². The van der Waals surface area contributed by atoms with Crippen LogP contribution in [-0.4, -0.2) is 24.2 Å². The molecular weight excluding hydrogens is 190 g/mol. The summed E-state index contributed by atoms with van der Waals surface area (Å²) in [6, 6.07) is 0. The molecule has 1 atom stereocenters. The van der Waals surface area contributed by atoms with Crippen molar-refractivity contribution < 1.29 is 4.89 Å². The molecule has 0 bridgehead atoms. The Bertz CT molecular complexity index is 151. The molecule has 0 fully saturated rings. The van der Waals surface area contributed by atoms with E-state index in [9.17, 15) is 4.89 Å². The van der Waals surface area contributed by atoms with Crippen LogP contribution in [0.15, 0.2) is 0 Å². The topological polar surface area (TPSA) is 20.2 Å². The van der Waals surface area contributed by atoms with Gasteiger partial charge in [-0.15, -0.1) is 0 Å². The predicted octanol–water partition coefficient (Wildman–Crippen LogP) is 3.51. The first-order valence-corrected chi connectivity index (χ1v) is 7.20. The van der Waals surface area contributed by atoms with E-state index in [1.807, 2.05) is 5.80 Å². The van der Waals surface area contributed by atoms with Gasteiger partial charge in [0.05, 0.1) is 7.85 Å². The van der Waals surface area contributed by atoms with E-state index in [0.717, 1.165) is 12.8 Å². The minimum atomic E-state index is -0.917. The first-order chi connectivity index (χ1) is 6.76. The normalized spacial score (nSPS) is 12.4.